The van der Waals surface area contributed by atoms with Crippen LogP contribution in [0, 0.1) is 0 Å². The van der Waals surface area contributed by atoms with Gasteiger partial charge in [0.1, 0.15) is 5.69 Å². The zero-order chi connectivity index (χ0) is 14.1. The molecule has 1 saturated carbocycles. The minimum Gasteiger partial charge on any atom is -0.397 e. The van der Waals surface area contributed by atoms with Gasteiger partial charge in [0.15, 0.2) is 0 Å². The summed E-state index contributed by atoms with van der Waals surface area (Å²) < 4.78 is 3.94. The summed E-state index contributed by atoms with van der Waals surface area (Å²) in [6.07, 6.45) is 9.46. The van der Waals surface area contributed by atoms with E-state index in [4.69, 9.17) is 5.73 Å². The SMILES string of the molecule is CC(Cn1ccnc1)NC(=O)c1cc(N)cn1C1CC1. The second-order valence-electron chi connectivity index (χ2n) is 5.43. The number of rotatable bonds is 5. The molecule has 2 aromatic rings. The van der Waals surface area contributed by atoms with Gasteiger partial charge in [0.2, 0.25) is 0 Å². The van der Waals surface area contributed by atoms with E-state index in [1.54, 1.807) is 18.6 Å². The summed E-state index contributed by atoms with van der Waals surface area (Å²) in [5.74, 6) is -0.0683. The van der Waals surface area contributed by atoms with E-state index >= 15 is 0 Å². The molecule has 2 heterocycles. The average molecular weight is 273 g/mol. The van der Waals surface area contributed by atoms with Crippen molar-refractivity contribution in [1.82, 2.24) is 19.4 Å². The van der Waals surface area contributed by atoms with Gasteiger partial charge in [0.05, 0.1) is 12.0 Å². The lowest BCUT2D eigenvalue weighted by Gasteiger charge is -2.15. The van der Waals surface area contributed by atoms with Gasteiger partial charge in [-0.15, -0.1) is 0 Å². The number of aromatic nitrogens is 3. The van der Waals surface area contributed by atoms with Crippen molar-refractivity contribution in [3.63, 3.8) is 0 Å². The highest BCUT2D eigenvalue weighted by molar-refractivity contribution is 5.94. The van der Waals surface area contributed by atoms with Crippen LogP contribution in [0.4, 0.5) is 5.69 Å². The molecular formula is C14H19N5O. The average Bonchev–Trinajstić information content (AvgIpc) is 2.98. The molecule has 1 aliphatic carbocycles. The van der Waals surface area contributed by atoms with Crippen molar-refractivity contribution < 1.29 is 4.79 Å². The summed E-state index contributed by atoms with van der Waals surface area (Å²) in [6, 6.07) is 2.22. The minimum absolute atomic E-state index is 0.0282. The molecule has 1 atom stereocenters. The number of nitrogens with zero attached hydrogens (tertiary/aromatic N) is 3. The van der Waals surface area contributed by atoms with Crippen LogP contribution >= 0.6 is 0 Å². The van der Waals surface area contributed by atoms with Gasteiger partial charge in [-0.2, -0.15) is 0 Å². The Morgan fingerprint density at radius 1 is 1.60 bits per heavy atom. The number of nitrogens with two attached hydrogens (primary N) is 1. The Hall–Kier alpha value is -2.24. The Labute approximate surface area is 117 Å². The van der Waals surface area contributed by atoms with Crippen LogP contribution in [0.3, 0.4) is 0 Å². The van der Waals surface area contributed by atoms with Crippen molar-refractivity contribution in [1.29, 1.82) is 0 Å². The first-order valence-electron chi connectivity index (χ1n) is 6.87. The molecule has 0 radical (unpaired) electrons. The number of nitrogens with one attached hydrogen (secondary N) is 1. The quantitative estimate of drug-likeness (QED) is 0.865. The topological polar surface area (TPSA) is 77.9 Å². The molecule has 0 aromatic carbocycles. The molecule has 1 fully saturated rings. The normalized spacial score (nSPS) is 16.1. The Bertz CT molecular complexity index is 597. The molecule has 1 aliphatic rings. The maximum atomic E-state index is 12.3. The lowest BCUT2D eigenvalue weighted by atomic mass is 10.3. The molecule has 3 N–H and O–H groups in total. The molecule has 0 aliphatic heterocycles. The van der Waals surface area contributed by atoms with E-state index in [0.717, 1.165) is 12.8 Å². The van der Waals surface area contributed by atoms with Gasteiger partial charge in [0, 0.05) is 37.2 Å². The lowest BCUT2D eigenvalue weighted by Crippen LogP contribution is -2.36. The third-order valence-corrected chi connectivity index (χ3v) is 3.46. The zero-order valence-electron chi connectivity index (χ0n) is 11.5. The van der Waals surface area contributed by atoms with Crippen LogP contribution in [-0.4, -0.2) is 26.1 Å². The summed E-state index contributed by atoms with van der Waals surface area (Å²) >= 11 is 0. The summed E-state index contributed by atoms with van der Waals surface area (Å²) in [5.41, 5.74) is 7.11. The Morgan fingerprint density at radius 2 is 2.40 bits per heavy atom. The molecule has 0 spiro atoms. The second kappa shape index (κ2) is 5.03. The van der Waals surface area contributed by atoms with E-state index in [2.05, 4.69) is 10.3 Å². The van der Waals surface area contributed by atoms with E-state index in [-0.39, 0.29) is 11.9 Å². The molecular weight excluding hydrogens is 254 g/mol. The molecule has 6 heteroatoms. The Balaban J connectivity index is 1.66. The van der Waals surface area contributed by atoms with Crippen LogP contribution in [0.15, 0.2) is 31.0 Å². The van der Waals surface area contributed by atoms with Crippen molar-refractivity contribution in [3.05, 3.63) is 36.7 Å². The first-order chi connectivity index (χ1) is 9.63. The van der Waals surface area contributed by atoms with E-state index in [1.807, 2.05) is 28.5 Å². The highest BCUT2D eigenvalue weighted by Gasteiger charge is 2.28. The fourth-order valence-electron chi connectivity index (χ4n) is 2.39. The van der Waals surface area contributed by atoms with Crippen LogP contribution in [0.1, 0.15) is 36.3 Å². The molecule has 0 bridgehead atoms. The number of carbonyl (C=O) groups is 1. The lowest BCUT2D eigenvalue weighted by molar-refractivity contribution is 0.0927. The maximum absolute atomic E-state index is 12.3. The smallest absolute Gasteiger partial charge is 0.268 e. The second-order valence-corrected chi connectivity index (χ2v) is 5.43. The minimum atomic E-state index is -0.0683. The van der Waals surface area contributed by atoms with Crippen molar-refractivity contribution in [3.8, 4) is 0 Å². The molecule has 6 nitrogen and oxygen atoms in total. The number of hydrogen-bond acceptors (Lipinski definition) is 3. The van der Waals surface area contributed by atoms with Crippen molar-refractivity contribution in [2.75, 3.05) is 5.73 Å². The highest BCUT2D eigenvalue weighted by Crippen LogP contribution is 2.37. The monoisotopic (exact) mass is 273 g/mol. The number of imidazole rings is 1. The molecule has 1 unspecified atom stereocenters. The third kappa shape index (κ3) is 2.68. The van der Waals surface area contributed by atoms with Gasteiger partial charge in [-0.05, 0) is 25.8 Å². The maximum Gasteiger partial charge on any atom is 0.268 e. The number of nitrogen functional groups attached to an aromatic ring is 1. The zero-order valence-corrected chi connectivity index (χ0v) is 11.5. The van der Waals surface area contributed by atoms with E-state index in [9.17, 15) is 4.79 Å². The molecule has 2 aromatic heterocycles. The fourth-order valence-corrected chi connectivity index (χ4v) is 2.39. The van der Waals surface area contributed by atoms with Crippen LogP contribution in [0.25, 0.3) is 0 Å². The van der Waals surface area contributed by atoms with Crippen LogP contribution in [0.2, 0.25) is 0 Å². The molecule has 0 saturated heterocycles. The van der Waals surface area contributed by atoms with Crippen LogP contribution in [0.5, 0.6) is 0 Å². The summed E-state index contributed by atoms with van der Waals surface area (Å²) in [4.78, 5) is 16.3. The molecule has 106 valence electrons. The van der Waals surface area contributed by atoms with E-state index in [0.29, 0.717) is 24.0 Å². The van der Waals surface area contributed by atoms with Gasteiger partial charge in [-0.3, -0.25) is 4.79 Å². The summed E-state index contributed by atoms with van der Waals surface area (Å²) in [7, 11) is 0. The predicted octanol–water partition coefficient (Wildman–Crippen LogP) is 1.42. The van der Waals surface area contributed by atoms with Crippen LogP contribution < -0.4 is 11.1 Å². The van der Waals surface area contributed by atoms with Gasteiger partial charge in [-0.25, -0.2) is 4.98 Å². The predicted molar refractivity (Wildman–Crippen MR) is 76.3 cm³/mol. The molecule has 20 heavy (non-hydrogen) atoms. The van der Waals surface area contributed by atoms with Crippen molar-refractivity contribution in [2.24, 2.45) is 0 Å². The van der Waals surface area contributed by atoms with Gasteiger partial charge in [0.25, 0.3) is 5.91 Å². The first-order valence-corrected chi connectivity index (χ1v) is 6.87. The van der Waals surface area contributed by atoms with Gasteiger partial charge < -0.3 is 20.2 Å². The van der Waals surface area contributed by atoms with Crippen LogP contribution in [-0.2, 0) is 6.54 Å². The number of hydrogen-bond donors (Lipinski definition) is 2. The fraction of sp³-hybridized carbons (Fsp3) is 0.429. The van der Waals surface area contributed by atoms with Gasteiger partial charge in [-0.1, -0.05) is 0 Å². The number of carbonyl (C=O) groups excluding carboxylic acids is 1. The number of anilines is 1. The summed E-state index contributed by atoms with van der Waals surface area (Å²) in [5, 5.41) is 3.01. The van der Waals surface area contributed by atoms with E-state index < -0.39 is 0 Å². The first kappa shape index (κ1) is 12.8. The molecule has 1 amide bonds. The third-order valence-electron chi connectivity index (χ3n) is 3.46. The Morgan fingerprint density at radius 3 is 3.05 bits per heavy atom. The van der Waals surface area contributed by atoms with E-state index in [1.165, 1.54) is 0 Å². The van der Waals surface area contributed by atoms with Gasteiger partial charge >= 0.3 is 0 Å². The standard InChI is InChI=1S/C14H19N5O/c1-10(7-18-5-4-16-9-18)17-14(20)13-6-11(15)8-19(13)12-2-3-12/h4-6,8-10,12H,2-3,7,15H2,1H3,(H,17,20). The molecule has 3 rings (SSSR count). The number of amides is 1. The Kier molecular flexibility index (Phi) is 3.22. The van der Waals surface area contributed by atoms with Crippen molar-refractivity contribution in [2.45, 2.75) is 38.4 Å². The summed E-state index contributed by atoms with van der Waals surface area (Å²) in [6.45, 7) is 2.68. The highest BCUT2D eigenvalue weighted by atomic mass is 16.2. The largest absolute Gasteiger partial charge is 0.397 e. The van der Waals surface area contributed by atoms with Crippen molar-refractivity contribution >= 4 is 11.6 Å².